The van der Waals surface area contributed by atoms with E-state index in [1.54, 1.807) is 7.11 Å². The first-order valence-electron chi connectivity index (χ1n) is 11.1. The highest BCUT2D eigenvalue weighted by Gasteiger charge is 2.34. The molecule has 0 saturated carbocycles. The molecule has 1 atom stereocenters. The Labute approximate surface area is 176 Å². The number of carbonyl (C=O) groups is 1. The van der Waals surface area contributed by atoms with E-state index in [-0.39, 0.29) is 11.5 Å². The first-order chi connectivity index (χ1) is 13.9. The number of carbonyl (C=O) groups excluding carboxylic acids is 1. The zero-order valence-electron chi connectivity index (χ0n) is 18.7. The summed E-state index contributed by atoms with van der Waals surface area (Å²) < 4.78 is 11.0. The van der Waals surface area contributed by atoms with E-state index in [0.717, 1.165) is 51.2 Å². The fraction of sp³-hybridized carbons (Fsp3) is 0.708. The number of hydrogen-bond acceptors (Lipinski definition) is 4. The first kappa shape index (κ1) is 22.1. The average molecular weight is 403 g/mol. The minimum Gasteiger partial charge on any atom is -0.497 e. The summed E-state index contributed by atoms with van der Waals surface area (Å²) >= 11 is 0. The summed E-state index contributed by atoms with van der Waals surface area (Å²) in [5.41, 5.74) is 1.19. The van der Waals surface area contributed by atoms with Crippen molar-refractivity contribution in [2.45, 2.75) is 51.6 Å². The van der Waals surface area contributed by atoms with Crippen molar-refractivity contribution >= 4 is 5.91 Å². The molecule has 2 saturated heterocycles. The fourth-order valence-corrected chi connectivity index (χ4v) is 4.70. The molecular weight excluding hydrogens is 364 g/mol. The second-order valence-corrected chi connectivity index (χ2v) is 9.40. The lowest BCUT2D eigenvalue weighted by Gasteiger charge is -2.38. The largest absolute Gasteiger partial charge is 0.497 e. The molecule has 1 amide bonds. The van der Waals surface area contributed by atoms with Crippen LogP contribution in [0.5, 0.6) is 5.75 Å². The van der Waals surface area contributed by atoms with E-state index >= 15 is 0 Å². The van der Waals surface area contributed by atoms with Gasteiger partial charge in [-0.15, -0.1) is 0 Å². The maximum absolute atomic E-state index is 12.9. The lowest BCUT2D eigenvalue weighted by Crippen LogP contribution is -2.45. The number of ether oxygens (including phenoxy) is 2. The van der Waals surface area contributed by atoms with Crippen LogP contribution in [0.3, 0.4) is 0 Å². The van der Waals surface area contributed by atoms with Crippen molar-refractivity contribution in [3.05, 3.63) is 29.8 Å². The summed E-state index contributed by atoms with van der Waals surface area (Å²) in [5.74, 6) is 1.96. The van der Waals surface area contributed by atoms with Crippen molar-refractivity contribution in [3.8, 4) is 5.75 Å². The summed E-state index contributed by atoms with van der Waals surface area (Å²) in [6.45, 7) is 9.14. The molecule has 2 aliphatic heterocycles. The normalized spacial score (nSPS) is 23.0. The van der Waals surface area contributed by atoms with Crippen molar-refractivity contribution in [3.63, 3.8) is 0 Å². The number of amides is 1. The predicted octanol–water partition coefficient (Wildman–Crippen LogP) is 3.61. The second-order valence-electron chi connectivity index (χ2n) is 9.40. The number of hydrogen-bond donors (Lipinski definition) is 0. The van der Waals surface area contributed by atoms with E-state index in [4.69, 9.17) is 9.47 Å². The Kier molecular flexibility index (Phi) is 7.58. The lowest BCUT2D eigenvalue weighted by atomic mass is 9.87. The van der Waals surface area contributed by atoms with Crippen LogP contribution in [0.4, 0.5) is 0 Å². The van der Waals surface area contributed by atoms with E-state index < -0.39 is 0 Å². The lowest BCUT2D eigenvalue weighted by molar-refractivity contribution is -0.144. The van der Waals surface area contributed by atoms with Gasteiger partial charge in [-0.3, -0.25) is 4.79 Å². The van der Waals surface area contributed by atoms with Gasteiger partial charge in [0.2, 0.25) is 5.91 Å². The molecule has 1 aromatic carbocycles. The highest BCUT2D eigenvalue weighted by Crippen LogP contribution is 2.30. The van der Waals surface area contributed by atoms with Gasteiger partial charge in [0.25, 0.3) is 0 Å². The van der Waals surface area contributed by atoms with Crippen LogP contribution in [0.15, 0.2) is 24.3 Å². The molecule has 0 radical (unpaired) electrons. The molecule has 5 heteroatoms. The van der Waals surface area contributed by atoms with E-state index in [9.17, 15) is 4.79 Å². The van der Waals surface area contributed by atoms with Gasteiger partial charge >= 0.3 is 0 Å². The molecule has 0 aliphatic carbocycles. The number of benzene rings is 1. The monoisotopic (exact) mass is 402 g/mol. The van der Waals surface area contributed by atoms with Gasteiger partial charge in [0.1, 0.15) is 5.75 Å². The Hall–Kier alpha value is -1.59. The maximum atomic E-state index is 12.9. The third kappa shape index (κ3) is 6.45. The van der Waals surface area contributed by atoms with E-state index in [1.807, 2.05) is 24.1 Å². The minimum atomic E-state index is -0.172. The first-order valence-corrected chi connectivity index (χ1v) is 11.1. The van der Waals surface area contributed by atoms with Crippen LogP contribution in [-0.4, -0.2) is 68.3 Å². The highest BCUT2D eigenvalue weighted by atomic mass is 16.5. The van der Waals surface area contributed by atoms with Crippen molar-refractivity contribution in [2.75, 3.05) is 46.9 Å². The SMILES string of the molecule is COc1ccc(CCN2CCC(CN(C)C(=O)C3CCOC(C)(C)C3)CC2)cc1. The Bertz CT molecular complexity index is 651. The molecule has 0 aromatic heterocycles. The molecule has 0 spiro atoms. The number of methoxy groups -OCH3 is 1. The van der Waals surface area contributed by atoms with E-state index in [2.05, 4.69) is 30.9 Å². The van der Waals surface area contributed by atoms with Crippen molar-refractivity contribution in [1.82, 2.24) is 9.80 Å². The van der Waals surface area contributed by atoms with Gasteiger partial charge in [0.15, 0.2) is 0 Å². The van der Waals surface area contributed by atoms with Crippen molar-refractivity contribution in [1.29, 1.82) is 0 Å². The Morgan fingerprint density at radius 1 is 1.21 bits per heavy atom. The predicted molar refractivity (Wildman–Crippen MR) is 116 cm³/mol. The molecule has 2 fully saturated rings. The highest BCUT2D eigenvalue weighted by molar-refractivity contribution is 5.78. The quantitative estimate of drug-likeness (QED) is 0.699. The minimum absolute atomic E-state index is 0.119. The Morgan fingerprint density at radius 2 is 1.90 bits per heavy atom. The van der Waals surface area contributed by atoms with Crippen LogP contribution < -0.4 is 4.74 Å². The van der Waals surface area contributed by atoms with Gasteiger partial charge in [-0.25, -0.2) is 0 Å². The topological polar surface area (TPSA) is 42.0 Å². The van der Waals surface area contributed by atoms with Gasteiger partial charge in [-0.05, 0) is 82.7 Å². The van der Waals surface area contributed by atoms with Crippen LogP contribution in [0, 0.1) is 11.8 Å². The average Bonchev–Trinajstić information content (AvgIpc) is 2.72. The third-order valence-electron chi connectivity index (χ3n) is 6.54. The van der Waals surface area contributed by atoms with Crippen LogP contribution in [0.25, 0.3) is 0 Å². The van der Waals surface area contributed by atoms with Crippen molar-refractivity contribution in [2.24, 2.45) is 11.8 Å². The fourth-order valence-electron chi connectivity index (χ4n) is 4.70. The molecule has 5 nitrogen and oxygen atoms in total. The van der Waals surface area contributed by atoms with Crippen LogP contribution >= 0.6 is 0 Å². The molecule has 29 heavy (non-hydrogen) atoms. The zero-order chi connectivity index (χ0) is 20.9. The summed E-state index contributed by atoms with van der Waals surface area (Å²) in [7, 11) is 3.69. The number of nitrogens with zero attached hydrogens (tertiary/aromatic N) is 2. The molecule has 2 aliphatic rings. The van der Waals surface area contributed by atoms with Crippen molar-refractivity contribution < 1.29 is 14.3 Å². The molecule has 1 unspecified atom stereocenters. The van der Waals surface area contributed by atoms with E-state index in [0.29, 0.717) is 18.4 Å². The molecule has 2 heterocycles. The third-order valence-corrected chi connectivity index (χ3v) is 6.54. The Morgan fingerprint density at radius 3 is 2.52 bits per heavy atom. The van der Waals surface area contributed by atoms with Gasteiger partial charge in [-0.2, -0.15) is 0 Å². The summed E-state index contributed by atoms with van der Waals surface area (Å²) in [5, 5.41) is 0. The van der Waals surface area contributed by atoms with Gasteiger partial charge in [0.05, 0.1) is 12.7 Å². The van der Waals surface area contributed by atoms with E-state index in [1.165, 1.54) is 18.4 Å². The summed E-state index contributed by atoms with van der Waals surface area (Å²) in [6.07, 6.45) is 5.13. The van der Waals surface area contributed by atoms with Crippen LogP contribution in [0.2, 0.25) is 0 Å². The molecule has 162 valence electrons. The molecule has 0 bridgehead atoms. The van der Waals surface area contributed by atoms with Crippen LogP contribution in [0.1, 0.15) is 45.1 Å². The van der Waals surface area contributed by atoms with Crippen LogP contribution in [-0.2, 0) is 16.0 Å². The number of likely N-dealkylation sites (tertiary alicyclic amines) is 1. The molecule has 1 aromatic rings. The zero-order valence-corrected chi connectivity index (χ0v) is 18.7. The number of piperidine rings is 1. The summed E-state index contributed by atoms with van der Waals surface area (Å²) in [4.78, 5) is 17.4. The standard InChI is InChI=1S/C24H38N2O3/c1-24(2)17-21(12-16-29-24)23(27)25(3)18-20-10-14-26(15-11-20)13-9-19-5-7-22(28-4)8-6-19/h5-8,20-21H,9-18H2,1-4H3. The smallest absolute Gasteiger partial charge is 0.225 e. The molecular formula is C24H38N2O3. The van der Waals surface area contributed by atoms with Gasteiger partial charge in [-0.1, -0.05) is 12.1 Å². The second kappa shape index (κ2) is 9.94. The molecule has 0 N–H and O–H groups in total. The van der Waals surface area contributed by atoms with Gasteiger partial charge < -0.3 is 19.3 Å². The summed E-state index contributed by atoms with van der Waals surface area (Å²) in [6, 6.07) is 8.38. The Balaban J connectivity index is 1.38. The number of rotatable bonds is 7. The van der Waals surface area contributed by atoms with Gasteiger partial charge in [0, 0.05) is 32.7 Å². The molecule has 3 rings (SSSR count). The maximum Gasteiger partial charge on any atom is 0.225 e.